The average molecular weight is 440 g/mol. The van der Waals surface area contributed by atoms with Gasteiger partial charge in [-0.3, -0.25) is 0 Å². The fourth-order valence-corrected chi connectivity index (χ4v) is 5.46. The molecule has 0 saturated heterocycles. The molecule has 0 aliphatic heterocycles. The maximum atomic E-state index is 2.30. The van der Waals surface area contributed by atoms with Crippen LogP contribution in [0.4, 0.5) is 0 Å². The maximum absolute atomic E-state index is 2.30. The second-order valence-electron chi connectivity index (χ2n) is 5.07. The first-order chi connectivity index (χ1) is 11.9. The Morgan fingerprint density at radius 1 is 0.625 bits per heavy atom. The van der Waals surface area contributed by atoms with E-state index in [4.69, 9.17) is 0 Å². The van der Waals surface area contributed by atoms with Gasteiger partial charge in [0.25, 0.3) is 0 Å². The van der Waals surface area contributed by atoms with Gasteiger partial charge in [0.1, 0.15) is 0 Å². The predicted octanol–water partition coefficient (Wildman–Crippen LogP) is 3.60. The van der Waals surface area contributed by atoms with E-state index in [1.807, 2.05) is 0 Å². The van der Waals surface area contributed by atoms with Gasteiger partial charge >= 0.3 is 157 Å². The summed E-state index contributed by atoms with van der Waals surface area (Å²) in [6, 6.07) is 32.1. The van der Waals surface area contributed by atoms with Crippen molar-refractivity contribution in [3.05, 3.63) is 114 Å². The molecule has 0 spiro atoms. The van der Waals surface area contributed by atoms with Crippen LogP contribution in [0.2, 0.25) is 0 Å². The van der Waals surface area contributed by atoms with E-state index in [1.54, 1.807) is 0 Å². The van der Waals surface area contributed by atoms with E-state index in [1.165, 1.54) is 19.0 Å². The third-order valence-corrected chi connectivity index (χ3v) is 7.37. The molecule has 0 heterocycles. The molecule has 0 aromatic heterocycles. The van der Waals surface area contributed by atoms with Crippen molar-refractivity contribution in [2.45, 2.75) is 0 Å². The molecule has 3 rings (SSSR count). The fourth-order valence-electron chi connectivity index (χ4n) is 2.15. The topological polar surface area (TPSA) is 0 Å². The van der Waals surface area contributed by atoms with Gasteiger partial charge in [0, 0.05) is 0 Å². The fraction of sp³-hybridized carbons (Fsp3) is 0. The molecule has 0 unspecified atom stereocenters. The van der Waals surface area contributed by atoms with E-state index in [9.17, 15) is 0 Å². The molecule has 3 aromatic rings. The Labute approximate surface area is 156 Å². The molecule has 3 aromatic carbocycles. The van der Waals surface area contributed by atoms with Crippen LogP contribution in [-0.2, 0) is 0 Å². The van der Waals surface area contributed by atoms with Gasteiger partial charge in [-0.25, -0.2) is 0 Å². The van der Waals surface area contributed by atoms with Gasteiger partial charge in [0.15, 0.2) is 0 Å². The van der Waals surface area contributed by atoms with Crippen LogP contribution in [-0.4, -0.2) is 29.9 Å². The SMILES string of the molecule is C(/C=C/[Se]c1ccccc1)=C(/[Se]c1ccccc1)c1ccccc1. The zero-order valence-corrected chi connectivity index (χ0v) is 16.6. The summed E-state index contributed by atoms with van der Waals surface area (Å²) in [6.45, 7) is 0. The monoisotopic (exact) mass is 442 g/mol. The molecule has 24 heavy (non-hydrogen) atoms. The Morgan fingerprint density at radius 3 is 1.79 bits per heavy atom. The van der Waals surface area contributed by atoms with E-state index >= 15 is 0 Å². The van der Waals surface area contributed by atoms with Crippen molar-refractivity contribution in [3.63, 3.8) is 0 Å². The normalized spacial score (nSPS) is 11.8. The van der Waals surface area contributed by atoms with Crippen molar-refractivity contribution < 1.29 is 0 Å². The van der Waals surface area contributed by atoms with Crippen molar-refractivity contribution in [2.24, 2.45) is 0 Å². The minimum atomic E-state index is 0.312. The van der Waals surface area contributed by atoms with Crippen LogP contribution in [0.5, 0.6) is 0 Å². The summed E-state index contributed by atoms with van der Waals surface area (Å²) in [4.78, 5) is 2.30. The Bertz CT molecular complexity index is 791. The molecular formula is C22H18Se2. The summed E-state index contributed by atoms with van der Waals surface area (Å²) in [5, 5.41) is 0. The van der Waals surface area contributed by atoms with Crippen LogP contribution in [0.25, 0.3) is 4.47 Å². The van der Waals surface area contributed by atoms with E-state index in [-0.39, 0.29) is 0 Å². The summed E-state index contributed by atoms with van der Waals surface area (Å²) < 4.78 is 4.22. The zero-order valence-electron chi connectivity index (χ0n) is 13.2. The molecule has 0 bridgehead atoms. The first-order valence-corrected chi connectivity index (χ1v) is 11.3. The third-order valence-electron chi connectivity index (χ3n) is 3.30. The molecule has 0 N–H and O–H groups in total. The number of hydrogen-bond acceptors (Lipinski definition) is 0. The molecule has 0 radical (unpaired) electrons. The van der Waals surface area contributed by atoms with Gasteiger partial charge in [-0.05, 0) is 0 Å². The molecule has 0 aliphatic rings. The van der Waals surface area contributed by atoms with E-state index in [0.717, 1.165) is 0 Å². The summed E-state index contributed by atoms with van der Waals surface area (Å²) in [7, 11) is 0. The first kappa shape index (κ1) is 17.0. The second kappa shape index (κ2) is 9.47. The zero-order chi connectivity index (χ0) is 16.5. The Balaban J connectivity index is 1.76. The molecule has 118 valence electrons. The number of allylic oxidation sites excluding steroid dienone is 2. The Kier molecular flexibility index (Phi) is 6.71. The molecule has 0 saturated carbocycles. The molecule has 0 aliphatic carbocycles. The summed E-state index contributed by atoms with van der Waals surface area (Å²) in [5.74, 6) is 0. The third kappa shape index (κ3) is 5.37. The van der Waals surface area contributed by atoms with Gasteiger partial charge in [-0.1, -0.05) is 0 Å². The van der Waals surface area contributed by atoms with Crippen LogP contribution < -0.4 is 8.92 Å². The van der Waals surface area contributed by atoms with E-state index in [2.05, 4.69) is 108 Å². The standard InChI is InChI=1S/C22H18Se2/c1-4-11-19(12-5-1)22(24-21-15-8-3-9-16-21)17-10-18-23-20-13-6-2-7-14-20/h1-18H/b18-10+,22-17-. The molecular weight excluding hydrogens is 422 g/mol. The molecule has 2 heteroatoms. The Morgan fingerprint density at radius 2 is 1.17 bits per heavy atom. The summed E-state index contributed by atoms with van der Waals surface area (Å²) in [5.41, 5.74) is 1.32. The number of rotatable bonds is 6. The van der Waals surface area contributed by atoms with Crippen LogP contribution in [0, 0.1) is 0 Å². The number of benzene rings is 3. The van der Waals surface area contributed by atoms with Gasteiger partial charge in [-0.15, -0.1) is 0 Å². The minimum absolute atomic E-state index is 0.312. The van der Waals surface area contributed by atoms with Gasteiger partial charge in [-0.2, -0.15) is 0 Å². The van der Waals surface area contributed by atoms with Crippen LogP contribution in [0.1, 0.15) is 5.56 Å². The van der Waals surface area contributed by atoms with Crippen molar-refractivity contribution >= 4 is 43.3 Å². The average Bonchev–Trinajstić information content (AvgIpc) is 2.66. The van der Waals surface area contributed by atoms with Crippen LogP contribution in [0.15, 0.2) is 108 Å². The van der Waals surface area contributed by atoms with Gasteiger partial charge in [0.05, 0.1) is 0 Å². The van der Waals surface area contributed by atoms with Gasteiger partial charge in [0.2, 0.25) is 0 Å². The van der Waals surface area contributed by atoms with Crippen molar-refractivity contribution in [1.29, 1.82) is 0 Å². The molecule has 0 atom stereocenters. The van der Waals surface area contributed by atoms with Crippen LogP contribution >= 0.6 is 0 Å². The quantitative estimate of drug-likeness (QED) is 0.406. The second-order valence-corrected chi connectivity index (χ2v) is 9.47. The summed E-state index contributed by atoms with van der Waals surface area (Å²) >= 11 is 0.700. The number of hydrogen-bond donors (Lipinski definition) is 0. The van der Waals surface area contributed by atoms with E-state index in [0.29, 0.717) is 29.9 Å². The molecule has 0 amide bonds. The molecule has 0 fully saturated rings. The van der Waals surface area contributed by atoms with Crippen molar-refractivity contribution in [1.82, 2.24) is 0 Å². The van der Waals surface area contributed by atoms with E-state index < -0.39 is 0 Å². The van der Waals surface area contributed by atoms with Gasteiger partial charge < -0.3 is 0 Å². The Hall–Kier alpha value is -1.82. The predicted molar refractivity (Wildman–Crippen MR) is 107 cm³/mol. The van der Waals surface area contributed by atoms with Crippen molar-refractivity contribution in [3.8, 4) is 0 Å². The van der Waals surface area contributed by atoms with Crippen LogP contribution in [0.3, 0.4) is 0 Å². The first-order valence-electron chi connectivity index (χ1n) is 7.79. The summed E-state index contributed by atoms with van der Waals surface area (Å²) in [6.07, 6.45) is 4.51. The van der Waals surface area contributed by atoms with Crippen molar-refractivity contribution in [2.75, 3.05) is 0 Å². The molecule has 0 nitrogen and oxygen atoms in total.